The lowest BCUT2D eigenvalue weighted by Crippen LogP contribution is -2.26. The molecule has 0 spiro atoms. The first-order valence-electron chi connectivity index (χ1n) is 9.01. The molecule has 0 bridgehead atoms. The summed E-state index contributed by atoms with van der Waals surface area (Å²) in [5.41, 5.74) is 3.76. The number of hydrogen-bond donors (Lipinski definition) is 0. The molecule has 0 saturated carbocycles. The van der Waals surface area contributed by atoms with Crippen molar-refractivity contribution in [1.82, 2.24) is 0 Å². The van der Waals surface area contributed by atoms with E-state index in [0.717, 1.165) is 22.4 Å². The molecule has 0 atom stereocenters. The Morgan fingerprint density at radius 2 is 1.55 bits per heavy atom. The van der Waals surface area contributed by atoms with Gasteiger partial charge in [-0.3, -0.25) is 4.79 Å². The lowest BCUT2D eigenvalue weighted by atomic mass is 9.97. The van der Waals surface area contributed by atoms with Gasteiger partial charge in [0, 0.05) is 17.0 Å². The molecule has 0 saturated heterocycles. The Hall–Kier alpha value is -2.89. The number of carbonyl (C=O) groups excluding carboxylic acids is 1. The quantitative estimate of drug-likeness (QED) is 0.611. The van der Waals surface area contributed by atoms with Crippen LogP contribution in [0.15, 0.2) is 83.8 Å². The highest BCUT2D eigenvalue weighted by molar-refractivity contribution is 7.90. The maximum absolute atomic E-state index is 13.4. The number of hydrogen-bond acceptors (Lipinski definition) is 3. The molecule has 4 nitrogen and oxygen atoms in total. The largest absolute Gasteiger partial charge is 0.304 e. The van der Waals surface area contributed by atoms with Gasteiger partial charge in [-0.05, 0) is 53.1 Å². The zero-order chi connectivity index (χ0) is 20.6. The average molecular weight is 424 g/mol. The third-order valence-corrected chi connectivity index (χ3v) is 6.25. The van der Waals surface area contributed by atoms with Gasteiger partial charge in [0.25, 0.3) is 5.91 Å². The third kappa shape index (κ3) is 3.84. The highest BCUT2D eigenvalue weighted by Crippen LogP contribution is 2.37. The second kappa shape index (κ2) is 7.50. The van der Waals surface area contributed by atoms with Crippen molar-refractivity contribution < 1.29 is 13.2 Å². The maximum Gasteiger partial charge on any atom is 0.259 e. The first-order chi connectivity index (χ1) is 13.8. The summed E-state index contributed by atoms with van der Waals surface area (Å²) in [4.78, 5) is 15.3. The van der Waals surface area contributed by atoms with E-state index in [4.69, 9.17) is 11.6 Å². The standard InChI is InChI=1S/C23H18ClNO3S/c1-29(27,28)20-12-10-16(11-13-20)21-15-25(19-8-3-2-4-9-19)23(26)22(21)17-6-5-7-18(24)14-17/h2-14H,15H2,1H3. The van der Waals surface area contributed by atoms with Crippen molar-refractivity contribution >= 4 is 44.2 Å². The van der Waals surface area contributed by atoms with Crippen molar-refractivity contribution in [2.24, 2.45) is 0 Å². The van der Waals surface area contributed by atoms with Gasteiger partial charge < -0.3 is 4.90 Å². The predicted octanol–water partition coefficient (Wildman–Crippen LogP) is 4.70. The lowest BCUT2D eigenvalue weighted by molar-refractivity contribution is -0.112. The van der Waals surface area contributed by atoms with E-state index < -0.39 is 9.84 Å². The Kier molecular flexibility index (Phi) is 5.03. The SMILES string of the molecule is CS(=O)(=O)c1ccc(C2=C(c3cccc(Cl)c3)C(=O)N(c3ccccc3)C2)cc1. The Balaban J connectivity index is 1.85. The van der Waals surface area contributed by atoms with Gasteiger partial charge in [0.15, 0.2) is 9.84 Å². The smallest absolute Gasteiger partial charge is 0.259 e. The Bertz CT molecular complexity index is 1220. The van der Waals surface area contributed by atoms with Crippen LogP contribution in [0.3, 0.4) is 0 Å². The predicted molar refractivity (Wildman–Crippen MR) is 117 cm³/mol. The molecule has 6 heteroatoms. The minimum absolute atomic E-state index is 0.111. The van der Waals surface area contributed by atoms with E-state index in [9.17, 15) is 13.2 Å². The Morgan fingerprint density at radius 3 is 2.17 bits per heavy atom. The van der Waals surface area contributed by atoms with E-state index in [1.807, 2.05) is 42.5 Å². The summed E-state index contributed by atoms with van der Waals surface area (Å²) in [7, 11) is -3.29. The summed E-state index contributed by atoms with van der Waals surface area (Å²) in [6.07, 6.45) is 1.18. The number of sulfone groups is 1. The van der Waals surface area contributed by atoms with Crippen molar-refractivity contribution in [2.75, 3.05) is 17.7 Å². The normalized spacial score (nSPS) is 14.6. The molecule has 0 unspecified atom stereocenters. The van der Waals surface area contributed by atoms with Crippen molar-refractivity contribution in [1.29, 1.82) is 0 Å². The van der Waals surface area contributed by atoms with Crippen LogP contribution in [-0.4, -0.2) is 27.1 Å². The van der Waals surface area contributed by atoms with Crippen LogP contribution >= 0.6 is 11.6 Å². The van der Waals surface area contributed by atoms with E-state index >= 15 is 0 Å². The number of anilines is 1. The van der Waals surface area contributed by atoms with Crippen LogP contribution in [-0.2, 0) is 14.6 Å². The summed E-state index contributed by atoms with van der Waals surface area (Å²) in [5, 5.41) is 0.549. The van der Waals surface area contributed by atoms with Gasteiger partial charge in [-0.25, -0.2) is 8.42 Å². The first-order valence-corrected chi connectivity index (χ1v) is 11.3. The molecule has 29 heavy (non-hydrogen) atoms. The number of halogens is 1. The topological polar surface area (TPSA) is 54.5 Å². The molecule has 3 aromatic carbocycles. The van der Waals surface area contributed by atoms with E-state index in [-0.39, 0.29) is 10.8 Å². The number of nitrogens with zero attached hydrogens (tertiary/aromatic N) is 1. The monoisotopic (exact) mass is 423 g/mol. The van der Waals surface area contributed by atoms with Crippen LogP contribution in [0.5, 0.6) is 0 Å². The molecule has 4 rings (SSSR count). The van der Waals surface area contributed by atoms with Crippen LogP contribution in [0.1, 0.15) is 11.1 Å². The molecule has 0 fully saturated rings. The molecular formula is C23H18ClNO3S. The summed E-state index contributed by atoms with van der Waals surface area (Å²) in [6.45, 7) is 0.392. The van der Waals surface area contributed by atoms with Gasteiger partial charge in [-0.15, -0.1) is 0 Å². The molecule has 0 aliphatic carbocycles. The maximum atomic E-state index is 13.4. The molecule has 1 amide bonds. The minimum atomic E-state index is -3.29. The molecule has 0 aromatic heterocycles. The molecule has 0 radical (unpaired) electrons. The van der Waals surface area contributed by atoms with Crippen molar-refractivity contribution in [3.05, 3.63) is 95.0 Å². The van der Waals surface area contributed by atoms with Gasteiger partial charge in [0.05, 0.1) is 17.0 Å². The number of amides is 1. The fourth-order valence-electron chi connectivity index (χ4n) is 3.47. The molecular weight excluding hydrogens is 406 g/mol. The fraction of sp³-hybridized carbons (Fsp3) is 0.0870. The molecule has 0 N–H and O–H groups in total. The van der Waals surface area contributed by atoms with E-state index in [0.29, 0.717) is 17.1 Å². The second-order valence-corrected chi connectivity index (χ2v) is 9.34. The first kappa shape index (κ1) is 19.4. The number of para-hydroxylation sites is 1. The molecule has 1 heterocycles. The van der Waals surface area contributed by atoms with Crippen molar-refractivity contribution in [2.45, 2.75) is 4.90 Å². The fourth-order valence-corrected chi connectivity index (χ4v) is 4.29. The van der Waals surface area contributed by atoms with Crippen molar-refractivity contribution in [3.63, 3.8) is 0 Å². The number of carbonyl (C=O) groups is 1. The van der Waals surface area contributed by atoms with Gasteiger partial charge >= 0.3 is 0 Å². The van der Waals surface area contributed by atoms with Gasteiger partial charge in [0.2, 0.25) is 0 Å². The number of benzene rings is 3. The third-order valence-electron chi connectivity index (χ3n) is 4.89. The van der Waals surface area contributed by atoms with Crippen LogP contribution in [0.2, 0.25) is 5.02 Å². The van der Waals surface area contributed by atoms with E-state index in [1.165, 1.54) is 6.26 Å². The van der Waals surface area contributed by atoms with Gasteiger partial charge in [-0.1, -0.05) is 54.1 Å². The van der Waals surface area contributed by atoms with Crippen molar-refractivity contribution in [3.8, 4) is 0 Å². The van der Waals surface area contributed by atoms with Gasteiger partial charge in [-0.2, -0.15) is 0 Å². The zero-order valence-corrected chi connectivity index (χ0v) is 17.2. The molecule has 146 valence electrons. The summed E-state index contributed by atoms with van der Waals surface area (Å²) >= 11 is 6.17. The van der Waals surface area contributed by atoms with Crippen LogP contribution in [0, 0.1) is 0 Å². The Labute approximate surface area is 175 Å². The van der Waals surface area contributed by atoms with Crippen LogP contribution in [0.4, 0.5) is 5.69 Å². The summed E-state index contributed by atoms with van der Waals surface area (Å²) in [5.74, 6) is -0.111. The van der Waals surface area contributed by atoms with Crippen LogP contribution < -0.4 is 4.90 Å². The van der Waals surface area contributed by atoms with Gasteiger partial charge in [0.1, 0.15) is 0 Å². The zero-order valence-electron chi connectivity index (χ0n) is 15.7. The highest BCUT2D eigenvalue weighted by Gasteiger charge is 2.33. The van der Waals surface area contributed by atoms with Crippen LogP contribution in [0.25, 0.3) is 11.1 Å². The summed E-state index contributed by atoms with van der Waals surface area (Å²) < 4.78 is 23.6. The second-order valence-electron chi connectivity index (χ2n) is 6.89. The van der Waals surface area contributed by atoms with E-state index in [2.05, 4.69) is 0 Å². The van der Waals surface area contributed by atoms with E-state index in [1.54, 1.807) is 41.3 Å². The molecule has 3 aromatic rings. The summed E-state index contributed by atoms with van der Waals surface area (Å²) in [6, 6.07) is 23.3. The Morgan fingerprint density at radius 1 is 0.862 bits per heavy atom. The highest BCUT2D eigenvalue weighted by atomic mass is 35.5. The number of rotatable bonds is 4. The average Bonchev–Trinajstić information content (AvgIpc) is 3.05. The molecule has 1 aliphatic rings. The molecule has 1 aliphatic heterocycles. The minimum Gasteiger partial charge on any atom is -0.304 e. The lowest BCUT2D eigenvalue weighted by Gasteiger charge is -2.17.